The molecule has 1 atom stereocenters. The second-order valence-electron chi connectivity index (χ2n) is 5.38. The molecule has 2 aromatic rings. The standard InChI is InChI=1S/C18H24N2O/c1-5-10-19-18(15-6-8-16(21-4)9-7-15)17-14(3)11-13(2)12-20-17/h6-9,11-12,18-19H,5,10H2,1-4H3. The fraction of sp³-hybridized carbons (Fsp3) is 0.389. The lowest BCUT2D eigenvalue weighted by atomic mass is 9.99. The van der Waals surface area contributed by atoms with Crippen LogP contribution in [0.1, 0.15) is 41.8 Å². The van der Waals surface area contributed by atoms with Gasteiger partial charge in [-0.3, -0.25) is 4.98 Å². The van der Waals surface area contributed by atoms with Crippen molar-refractivity contribution in [3.05, 3.63) is 58.9 Å². The van der Waals surface area contributed by atoms with E-state index in [1.54, 1.807) is 7.11 Å². The molecule has 0 radical (unpaired) electrons. The molecule has 21 heavy (non-hydrogen) atoms. The van der Waals surface area contributed by atoms with E-state index in [9.17, 15) is 0 Å². The molecular weight excluding hydrogens is 260 g/mol. The Balaban J connectivity index is 2.36. The molecule has 112 valence electrons. The third-order valence-corrected chi connectivity index (χ3v) is 3.58. The maximum atomic E-state index is 5.24. The summed E-state index contributed by atoms with van der Waals surface area (Å²) in [5.41, 5.74) is 4.72. The first kappa shape index (κ1) is 15.5. The fourth-order valence-corrected chi connectivity index (χ4v) is 2.49. The second kappa shape index (κ2) is 7.23. The molecular formula is C18H24N2O. The number of nitrogens with zero attached hydrogens (tertiary/aromatic N) is 1. The summed E-state index contributed by atoms with van der Waals surface area (Å²) in [6.45, 7) is 7.34. The quantitative estimate of drug-likeness (QED) is 0.876. The monoisotopic (exact) mass is 284 g/mol. The van der Waals surface area contributed by atoms with Gasteiger partial charge < -0.3 is 10.1 Å². The third kappa shape index (κ3) is 3.82. The SMILES string of the molecule is CCCNC(c1ccc(OC)cc1)c1ncc(C)cc1C. The first-order valence-electron chi connectivity index (χ1n) is 7.46. The van der Waals surface area contributed by atoms with E-state index >= 15 is 0 Å². The van der Waals surface area contributed by atoms with Crippen LogP contribution in [0.15, 0.2) is 36.5 Å². The summed E-state index contributed by atoms with van der Waals surface area (Å²) >= 11 is 0. The number of ether oxygens (including phenoxy) is 1. The first-order chi connectivity index (χ1) is 10.2. The highest BCUT2D eigenvalue weighted by Crippen LogP contribution is 2.25. The topological polar surface area (TPSA) is 34.1 Å². The van der Waals surface area contributed by atoms with Crippen LogP contribution in [-0.2, 0) is 0 Å². The minimum absolute atomic E-state index is 0.122. The fourth-order valence-electron chi connectivity index (χ4n) is 2.49. The predicted molar refractivity (Wildman–Crippen MR) is 86.8 cm³/mol. The van der Waals surface area contributed by atoms with Gasteiger partial charge in [0.25, 0.3) is 0 Å². The zero-order chi connectivity index (χ0) is 15.2. The lowest BCUT2D eigenvalue weighted by Gasteiger charge is -2.21. The Kier molecular flexibility index (Phi) is 5.34. The van der Waals surface area contributed by atoms with Crippen LogP contribution in [0.2, 0.25) is 0 Å². The predicted octanol–water partition coefficient (Wildman–Crippen LogP) is 3.80. The molecule has 0 saturated carbocycles. The molecule has 0 aliphatic rings. The van der Waals surface area contributed by atoms with Crippen LogP contribution in [0.25, 0.3) is 0 Å². The molecule has 3 heteroatoms. The Morgan fingerprint density at radius 2 is 1.90 bits per heavy atom. The van der Waals surface area contributed by atoms with Gasteiger partial charge in [0, 0.05) is 6.20 Å². The van der Waals surface area contributed by atoms with Gasteiger partial charge in [-0.05, 0) is 55.6 Å². The number of pyridine rings is 1. The summed E-state index contributed by atoms with van der Waals surface area (Å²) in [6, 6.07) is 10.5. The van der Waals surface area contributed by atoms with Crippen LogP contribution in [0.5, 0.6) is 5.75 Å². The van der Waals surface area contributed by atoms with E-state index in [1.807, 2.05) is 18.3 Å². The molecule has 0 bridgehead atoms. The largest absolute Gasteiger partial charge is 0.497 e. The summed E-state index contributed by atoms with van der Waals surface area (Å²) in [5, 5.41) is 3.60. The maximum Gasteiger partial charge on any atom is 0.118 e. The van der Waals surface area contributed by atoms with Gasteiger partial charge in [0.15, 0.2) is 0 Å². The smallest absolute Gasteiger partial charge is 0.118 e. The number of hydrogen-bond acceptors (Lipinski definition) is 3. The number of aromatic nitrogens is 1. The molecule has 0 spiro atoms. The number of rotatable bonds is 6. The van der Waals surface area contributed by atoms with Gasteiger partial charge >= 0.3 is 0 Å². The number of hydrogen-bond donors (Lipinski definition) is 1. The van der Waals surface area contributed by atoms with Crippen molar-refractivity contribution in [1.29, 1.82) is 0 Å². The van der Waals surface area contributed by atoms with Crippen LogP contribution in [0, 0.1) is 13.8 Å². The average Bonchev–Trinajstić information content (AvgIpc) is 2.50. The van der Waals surface area contributed by atoms with Crippen molar-refractivity contribution in [3.63, 3.8) is 0 Å². The van der Waals surface area contributed by atoms with Gasteiger partial charge in [-0.2, -0.15) is 0 Å². The van der Waals surface area contributed by atoms with Crippen LogP contribution < -0.4 is 10.1 Å². The molecule has 2 rings (SSSR count). The van der Waals surface area contributed by atoms with Crippen molar-refractivity contribution in [2.45, 2.75) is 33.2 Å². The minimum Gasteiger partial charge on any atom is -0.497 e. The van der Waals surface area contributed by atoms with E-state index in [-0.39, 0.29) is 6.04 Å². The van der Waals surface area contributed by atoms with E-state index in [1.165, 1.54) is 16.7 Å². The molecule has 0 amide bonds. The summed E-state index contributed by atoms with van der Waals surface area (Å²) in [5.74, 6) is 0.876. The van der Waals surface area contributed by atoms with Gasteiger partial charge in [0.2, 0.25) is 0 Å². The number of aryl methyl sites for hydroxylation is 2. The van der Waals surface area contributed by atoms with Crippen LogP contribution in [-0.4, -0.2) is 18.6 Å². The number of benzene rings is 1. The number of nitrogens with one attached hydrogen (secondary N) is 1. The van der Waals surface area contributed by atoms with Crippen molar-refractivity contribution >= 4 is 0 Å². The molecule has 1 aromatic carbocycles. The van der Waals surface area contributed by atoms with E-state index in [2.05, 4.69) is 49.3 Å². The third-order valence-electron chi connectivity index (χ3n) is 3.58. The lowest BCUT2D eigenvalue weighted by Crippen LogP contribution is -2.25. The Morgan fingerprint density at radius 3 is 2.48 bits per heavy atom. The molecule has 0 saturated heterocycles. The Labute approximate surface area is 127 Å². The van der Waals surface area contributed by atoms with E-state index in [4.69, 9.17) is 4.74 Å². The van der Waals surface area contributed by atoms with Crippen molar-refractivity contribution in [3.8, 4) is 5.75 Å². The van der Waals surface area contributed by atoms with Crippen LogP contribution in [0.4, 0.5) is 0 Å². The molecule has 0 aliphatic carbocycles. The number of methoxy groups -OCH3 is 1. The highest BCUT2D eigenvalue weighted by molar-refractivity contribution is 5.36. The summed E-state index contributed by atoms with van der Waals surface area (Å²) in [4.78, 5) is 4.66. The van der Waals surface area contributed by atoms with Crippen molar-refractivity contribution in [2.24, 2.45) is 0 Å². The van der Waals surface area contributed by atoms with Crippen LogP contribution in [0.3, 0.4) is 0 Å². The molecule has 1 aromatic heterocycles. The molecule has 1 heterocycles. The van der Waals surface area contributed by atoms with Crippen molar-refractivity contribution in [1.82, 2.24) is 10.3 Å². The van der Waals surface area contributed by atoms with Gasteiger partial charge in [0.05, 0.1) is 18.8 Å². The van der Waals surface area contributed by atoms with Crippen molar-refractivity contribution in [2.75, 3.05) is 13.7 Å². The maximum absolute atomic E-state index is 5.24. The second-order valence-corrected chi connectivity index (χ2v) is 5.38. The molecule has 0 fully saturated rings. The van der Waals surface area contributed by atoms with E-state index in [0.717, 1.165) is 24.4 Å². The lowest BCUT2D eigenvalue weighted by molar-refractivity contribution is 0.414. The minimum atomic E-state index is 0.122. The Bertz CT molecular complexity index is 578. The molecule has 3 nitrogen and oxygen atoms in total. The zero-order valence-corrected chi connectivity index (χ0v) is 13.3. The van der Waals surface area contributed by atoms with Gasteiger partial charge in [-0.25, -0.2) is 0 Å². The molecule has 1 unspecified atom stereocenters. The Hall–Kier alpha value is -1.87. The molecule has 1 N–H and O–H groups in total. The average molecular weight is 284 g/mol. The highest BCUT2D eigenvalue weighted by Gasteiger charge is 2.17. The van der Waals surface area contributed by atoms with Gasteiger partial charge in [-0.15, -0.1) is 0 Å². The van der Waals surface area contributed by atoms with E-state index < -0.39 is 0 Å². The van der Waals surface area contributed by atoms with E-state index in [0.29, 0.717) is 0 Å². The summed E-state index contributed by atoms with van der Waals surface area (Å²) < 4.78 is 5.24. The van der Waals surface area contributed by atoms with Crippen molar-refractivity contribution < 1.29 is 4.74 Å². The summed E-state index contributed by atoms with van der Waals surface area (Å²) in [6.07, 6.45) is 3.03. The first-order valence-corrected chi connectivity index (χ1v) is 7.46. The normalized spacial score (nSPS) is 12.2. The zero-order valence-electron chi connectivity index (χ0n) is 13.3. The Morgan fingerprint density at radius 1 is 1.19 bits per heavy atom. The van der Waals surface area contributed by atoms with Gasteiger partial charge in [0.1, 0.15) is 5.75 Å². The highest BCUT2D eigenvalue weighted by atomic mass is 16.5. The van der Waals surface area contributed by atoms with Gasteiger partial charge in [-0.1, -0.05) is 25.1 Å². The summed E-state index contributed by atoms with van der Waals surface area (Å²) in [7, 11) is 1.69. The molecule has 0 aliphatic heterocycles. The van der Waals surface area contributed by atoms with Crippen LogP contribution >= 0.6 is 0 Å².